The molecule has 9 nitrogen and oxygen atoms in total. The number of amides is 2. The van der Waals surface area contributed by atoms with E-state index < -0.39 is 11.5 Å². The molecule has 2 aromatic rings. The van der Waals surface area contributed by atoms with Gasteiger partial charge in [-0.3, -0.25) is 14.3 Å². The molecular weight excluding hydrogens is 348 g/mol. The lowest BCUT2D eigenvalue weighted by atomic mass is 9.95. The summed E-state index contributed by atoms with van der Waals surface area (Å²) in [4.78, 5) is 29.3. The number of hydrazone groups is 1. The molecule has 1 aromatic carbocycles. The van der Waals surface area contributed by atoms with E-state index in [1.54, 1.807) is 49.8 Å². The second-order valence-electron chi connectivity index (χ2n) is 6.50. The fourth-order valence-corrected chi connectivity index (χ4v) is 3.01. The highest BCUT2D eigenvalue weighted by Crippen LogP contribution is 2.29. The summed E-state index contributed by atoms with van der Waals surface area (Å²) in [6.07, 6.45) is 1.65. The van der Waals surface area contributed by atoms with Crippen LogP contribution in [0.1, 0.15) is 49.4 Å². The molecule has 2 amide bonds. The minimum atomic E-state index is -1.60. The van der Waals surface area contributed by atoms with Gasteiger partial charge in [0.25, 0.3) is 11.8 Å². The SMILES string of the molecule is CCC1(O)C(=O)N(c2cccc(C(=O)NC(C)c3ncnn3C)c2)N=C1C. The number of anilines is 1. The molecule has 0 saturated heterocycles. The Labute approximate surface area is 156 Å². The van der Waals surface area contributed by atoms with Gasteiger partial charge in [-0.1, -0.05) is 13.0 Å². The van der Waals surface area contributed by atoms with Crippen LogP contribution in [-0.2, 0) is 11.8 Å². The number of rotatable bonds is 5. The first kappa shape index (κ1) is 18.7. The first-order chi connectivity index (χ1) is 12.8. The largest absolute Gasteiger partial charge is 0.374 e. The zero-order chi connectivity index (χ0) is 19.8. The topological polar surface area (TPSA) is 113 Å². The van der Waals surface area contributed by atoms with E-state index in [-0.39, 0.29) is 18.4 Å². The minimum absolute atomic E-state index is 0.229. The molecule has 0 fully saturated rings. The summed E-state index contributed by atoms with van der Waals surface area (Å²) in [7, 11) is 1.75. The van der Waals surface area contributed by atoms with E-state index in [4.69, 9.17) is 0 Å². The monoisotopic (exact) mass is 370 g/mol. The molecule has 0 spiro atoms. The molecule has 9 heteroatoms. The van der Waals surface area contributed by atoms with E-state index in [0.29, 0.717) is 22.8 Å². The molecule has 2 unspecified atom stereocenters. The zero-order valence-electron chi connectivity index (χ0n) is 15.7. The van der Waals surface area contributed by atoms with Crippen molar-refractivity contribution in [3.05, 3.63) is 42.0 Å². The standard InChI is InChI=1S/C18H22N6O3/c1-5-18(27)12(3)22-24(17(18)26)14-8-6-7-13(9-14)16(25)21-11(2)15-19-10-20-23(15)4/h6-11,27H,5H2,1-4H3,(H,21,25). The van der Waals surface area contributed by atoms with E-state index in [0.717, 1.165) is 5.01 Å². The van der Waals surface area contributed by atoms with E-state index in [1.807, 2.05) is 6.92 Å². The van der Waals surface area contributed by atoms with Crippen LogP contribution < -0.4 is 10.3 Å². The lowest BCUT2D eigenvalue weighted by molar-refractivity contribution is -0.129. The maximum atomic E-state index is 12.6. The van der Waals surface area contributed by atoms with Crippen molar-refractivity contribution < 1.29 is 14.7 Å². The summed E-state index contributed by atoms with van der Waals surface area (Å²) in [6, 6.07) is 6.20. The molecule has 0 aliphatic carbocycles. The van der Waals surface area contributed by atoms with Gasteiger partial charge in [0.05, 0.1) is 17.4 Å². The molecular formula is C18H22N6O3. The number of benzene rings is 1. The first-order valence-electron chi connectivity index (χ1n) is 8.65. The third kappa shape index (κ3) is 3.21. The van der Waals surface area contributed by atoms with Gasteiger partial charge in [-0.2, -0.15) is 15.2 Å². The molecule has 2 heterocycles. The third-order valence-corrected chi connectivity index (χ3v) is 4.74. The Bertz CT molecular complexity index is 921. The number of aliphatic hydroxyl groups is 1. The number of aromatic nitrogens is 3. The first-order valence-corrected chi connectivity index (χ1v) is 8.65. The van der Waals surface area contributed by atoms with Crippen LogP contribution in [0.25, 0.3) is 0 Å². The predicted molar refractivity (Wildman–Crippen MR) is 99.2 cm³/mol. The smallest absolute Gasteiger partial charge is 0.285 e. The second-order valence-corrected chi connectivity index (χ2v) is 6.50. The van der Waals surface area contributed by atoms with Gasteiger partial charge in [-0.25, -0.2) is 4.98 Å². The Kier molecular flexibility index (Phi) is 4.79. The van der Waals surface area contributed by atoms with Crippen LogP contribution in [-0.4, -0.2) is 43.0 Å². The van der Waals surface area contributed by atoms with Crippen molar-refractivity contribution in [2.75, 3.05) is 5.01 Å². The maximum absolute atomic E-state index is 12.6. The molecule has 2 N–H and O–H groups in total. The van der Waals surface area contributed by atoms with Gasteiger partial charge in [0.1, 0.15) is 12.2 Å². The van der Waals surface area contributed by atoms with Crippen LogP contribution in [0.15, 0.2) is 35.7 Å². The van der Waals surface area contributed by atoms with Crippen molar-refractivity contribution in [3.63, 3.8) is 0 Å². The number of hydrogen-bond donors (Lipinski definition) is 2. The molecule has 0 radical (unpaired) electrons. The van der Waals surface area contributed by atoms with Crippen molar-refractivity contribution in [2.24, 2.45) is 12.1 Å². The maximum Gasteiger partial charge on any atom is 0.285 e. The molecule has 1 aliphatic rings. The van der Waals surface area contributed by atoms with Gasteiger partial charge >= 0.3 is 0 Å². The van der Waals surface area contributed by atoms with E-state index in [1.165, 1.54) is 6.33 Å². The average Bonchev–Trinajstić information content (AvgIpc) is 3.19. The fraction of sp³-hybridized carbons (Fsp3) is 0.389. The van der Waals surface area contributed by atoms with Crippen LogP contribution in [0.2, 0.25) is 0 Å². The highest BCUT2D eigenvalue weighted by molar-refractivity contribution is 6.21. The van der Waals surface area contributed by atoms with Gasteiger partial charge in [-0.05, 0) is 38.5 Å². The van der Waals surface area contributed by atoms with Gasteiger partial charge in [0.2, 0.25) is 0 Å². The predicted octanol–water partition coefficient (Wildman–Crippen LogP) is 1.17. The number of hydrogen-bond acceptors (Lipinski definition) is 6. The van der Waals surface area contributed by atoms with Gasteiger partial charge in [-0.15, -0.1) is 0 Å². The van der Waals surface area contributed by atoms with Crippen molar-refractivity contribution >= 4 is 23.2 Å². The fourth-order valence-electron chi connectivity index (χ4n) is 3.01. The zero-order valence-corrected chi connectivity index (χ0v) is 15.7. The molecule has 142 valence electrons. The molecule has 1 aliphatic heterocycles. The Balaban J connectivity index is 1.81. The van der Waals surface area contributed by atoms with Gasteiger partial charge < -0.3 is 10.4 Å². The van der Waals surface area contributed by atoms with E-state index in [9.17, 15) is 14.7 Å². The van der Waals surface area contributed by atoms with Crippen molar-refractivity contribution in [1.82, 2.24) is 20.1 Å². The molecule has 0 saturated carbocycles. The summed E-state index contributed by atoms with van der Waals surface area (Å²) in [5, 5.41) is 22.6. The summed E-state index contributed by atoms with van der Waals surface area (Å²) in [5.41, 5.74) is -0.476. The van der Waals surface area contributed by atoms with Crippen molar-refractivity contribution in [2.45, 2.75) is 38.8 Å². The number of nitrogens with one attached hydrogen (secondary N) is 1. The summed E-state index contributed by atoms with van der Waals surface area (Å²) in [6.45, 7) is 5.14. The van der Waals surface area contributed by atoms with Crippen molar-refractivity contribution in [3.8, 4) is 0 Å². The minimum Gasteiger partial charge on any atom is -0.374 e. The van der Waals surface area contributed by atoms with Crippen LogP contribution in [0.3, 0.4) is 0 Å². The van der Waals surface area contributed by atoms with E-state index >= 15 is 0 Å². The summed E-state index contributed by atoms with van der Waals surface area (Å²) >= 11 is 0. The number of nitrogens with zero attached hydrogens (tertiary/aromatic N) is 5. The lowest BCUT2D eigenvalue weighted by Crippen LogP contribution is -2.45. The quantitative estimate of drug-likeness (QED) is 0.820. The Morgan fingerprint density at radius 3 is 2.74 bits per heavy atom. The van der Waals surface area contributed by atoms with E-state index in [2.05, 4.69) is 20.5 Å². The lowest BCUT2D eigenvalue weighted by Gasteiger charge is -2.20. The number of carbonyl (C=O) groups is 2. The van der Waals surface area contributed by atoms with Gasteiger partial charge in [0, 0.05) is 12.6 Å². The molecule has 27 heavy (non-hydrogen) atoms. The Morgan fingerprint density at radius 2 is 2.15 bits per heavy atom. The summed E-state index contributed by atoms with van der Waals surface area (Å²) in [5.74, 6) is -0.208. The molecule has 1 aromatic heterocycles. The van der Waals surface area contributed by atoms with Crippen LogP contribution >= 0.6 is 0 Å². The van der Waals surface area contributed by atoms with Crippen LogP contribution in [0.4, 0.5) is 5.69 Å². The average molecular weight is 370 g/mol. The molecule has 2 atom stereocenters. The molecule has 3 rings (SSSR count). The highest BCUT2D eigenvalue weighted by atomic mass is 16.3. The van der Waals surface area contributed by atoms with Gasteiger partial charge in [0.15, 0.2) is 5.60 Å². The van der Waals surface area contributed by atoms with Crippen LogP contribution in [0, 0.1) is 0 Å². The third-order valence-electron chi connectivity index (χ3n) is 4.74. The highest BCUT2D eigenvalue weighted by Gasteiger charge is 2.46. The second kappa shape index (κ2) is 6.92. The normalized spacial score (nSPS) is 20.6. The Hall–Kier alpha value is -3.07. The summed E-state index contributed by atoms with van der Waals surface area (Å²) < 4.78 is 1.59. The number of carbonyl (C=O) groups excluding carboxylic acids is 2. The van der Waals surface area contributed by atoms with Crippen molar-refractivity contribution in [1.29, 1.82) is 0 Å². The Morgan fingerprint density at radius 1 is 1.41 bits per heavy atom. The molecule has 0 bridgehead atoms. The van der Waals surface area contributed by atoms with Crippen LogP contribution in [0.5, 0.6) is 0 Å². The number of aryl methyl sites for hydroxylation is 1.